The third-order valence-corrected chi connectivity index (χ3v) is 6.45. The number of aromatic nitrogens is 1. The molecule has 2 aliphatic rings. The van der Waals surface area contributed by atoms with Crippen LogP contribution in [0.25, 0.3) is 0 Å². The number of fused-ring (bicyclic) bond motifs is 1. The van der Waals surface area contributed by atoms with Crippen LogP contribution in [0.15, 0.2) is 34.4 Å². The second-order valence-electron chi connectivity index (χ2n) is 8.36. The molecule has 1 atom stereocenters. The Labute approximate surface area is 204 Å². The summed E-state index contributed by atoms with van der Waals surface area (Å²) in [6, 6.07) is 7.38. The van der Waals surface area contributed by atoms with Crippen molar-refractivity contribution in [2.75, 3.05) is 54.2 Å². The molecule has 0 unspecified atom stereocenters. The Morgan fingerprint density at radius 3 is 2.31 bits per heavy atom. The number of morpholine rings is 1. The number of hydrogen-bond donors (Lipinski definition) is 1. The molecule has 2 N–H and O–H groups in total. The van der Waals surface area contributed by atoms with Crippen LogP contribution < -0.4 is 30.2 Å². The summed E-state index contributed by atoms with van der Waals surface area (Å²) in [5, 5.41) is 9.98. The highest BCUT2D eigenvalue weighted by molar-refractivity contribution is 5.61. The highest BCUT2D eigenvalue weighted by Crippen LogP contribution is 2.46. The smallest absolute Gasteiger partial charge is 0.258 e. The number of methoxy groups -OCH3 is 3. The van der Waals surface area contributed by atoms with Crippen molar-refractivity contribution in [2.24, 2.45) is 5.73 Å². The summed E-state index contributed by atoms with van der Waals surface area (Å²) in [5.41, 5.74) is 7.76. The van der Waals surface area contributed by atoms with Gasteiger partial charge in [-0.1, -0.05) is 0 Å². The predicted molar refractivity (Wildman–Crippen MR) is 128 cm³/mol. The lowest BCUT2D eigenvalue weighted by Gasteiger charge is -2.29. The molecule has 10 heteroatoms. The zero-order valence-corrected chi connectivity index (χ0v) is 20.4. The SMILES string of the molecule is COc1cc([C@H]2C(C#N)=C(N)Oc3cc(C)n(CCN4CCOCC4)c(=O)c32)cc(OC)c1OC. The van der Waals surface area contributed by atoms with E-state index in [-0.39, 0.29) is 17.0 Å². The molecule has 1 fully saturated rings. The average molecular weight is 483 g/mol. The lowest BCUT2D eigenvalue weighted by atomic mass is 9.83. The van der Waals surface area contributed by atoms with Gasteiger partial charge in [-0.05, 0) is 24.6 Å². The fourth-order valence-electron chi connectivity index (χ4n) is 4.63. The number of nitrogens with two attached hydrogens (primary N) is 1. The standard InChI is InChI=1S/C25H30N4O6/c1-15-11-18-22(25(30)29(15)6-5-28-7-9-34-10-8-28)21(17(14-26)24(27)35-18)16-12-19(31-2)23(33-4)20(13-16)32-3/h11-13,21H,5-10,27H2,1-4H3/t21-/m0/s1. The van der Waals surface area contributed by atoms with Crippen LogP contribution in [0.1, 0.15) is 22.7 Å². The summed E-state index contributed by atoms with van der Waals surface area (Å²) >= 11 is 0. The van der Waals surface area contributed by atoms with E-state index in [0.717, 1.165) is 18.8 Å². The van der Waals surface area contributed by atoms with Gasteiger partial charge in [0.25, 0.3) is 5.56 Å². The van der Waals surface area contributed by atoms with Gasteiger partial charge in [0.1, 0.15) is 17.4 Å². The van der Waals surface area contributed by atoms with Gasteiger partial charge in [-0.2, -0.15) is 5.26 Å². The van der Waals surface area contributed by atoms with Gasteiger partial charge < -0.3 is 34.0 Å². The average Bonchev–Trinajstić information content (AvgIpc) is 2.87. The van der Waals surface area contributed by atoms with Crippen LogP contribution in [0, 0.1) is 18.3 Å². The second kappa shape index (κ2) is 10.3. The first-order valence-corrected chi connectivity index (χ1v) is 11.3. The van der Waals surface area contributed by atoms with E-state index in [2.05, 4.69) is 11.0 Å². The maximum atomic E-state index is 13.9. The molecule has 35 heavy (non-hydrogen) atoms. The molecule has 0 radical (unpaired) electrons. The summed E-state index contributed by atoms with van der Waals surface area (Å²) in [6.45, 7) is 6.10. The van der Waals surface area contributed by atoms with Gasteiger partial charge >= 0.3 is 0 Å². The molecule has 4 rings (SSSR count). The molecular weight excluding hydrogens is 452 g/mol. The third-order valence-electron chi connectivity index (χ3n) is 6.45. The van der Waals surface area contributed by atoms with Crippen LogP contribution in [0.5, 0.6) is 23.0 Å². The lowest BCUT2D eigenvalue weighted by molar-refractivity contribution is 0.0362. The number of allylic oxidation sites excluding steroid dienone is 1. The highest BCUT2D eigenvalue weighted by atomic mass is 16.5. The van der Waals surface area contributed by atoms with Crippen molar-refractivity contribution in [3.63, 3.8) is 0 Å². The topological polar surface area (TPSA) is 121 Å². The van der Waals surface area contributed by atoms with Crippen LogP contribution >= 0.6 is 0 Å². The van der Waals surface area contributed by atoms with E-state index in [0.29, 0.717) is 60.4 Å². The normalized spacial score (nSPS) is 17.9. The lowest BCUT2D eigenvalue weighted by Crippen LogP contribution is -2.40. The van der Waals surface area contributed by atoms with E-state index in [1.54, 1.807) is 22.8 Å². The van der Waals surface area contributed by atoms with Crippen molar-refractivity contribution in [3.8, 4) is 29.1 Å². The Bertz CT molecular complexity index is 1210. The molecule has 1 saturated heterocycles. The summed E-state index contributed by atoms with van der Waals surface area (Å²) < 4.78 is 29.4. The van der Waals surface area contributed by atoms with E-state index in [1.165, 1.54) is 21.3 Å². The molecule has 0 amide bonds. The molecule has 0 aliphatic carbocycles. The summed E-state index contributed by atoms with van der Waals surface area (Å²) in [4.78, 5) is 16.1. The van der Waals surface area contributed by atoms with Gasteiger partial charge in [-0.15, -0.1) is 0 Å². The summed E-state index contributed by atoms with van der Waals surface area (Å²) in [7, 11) is 4.53. The van der Waals surface area contributed by atoms with E-state index in [4.69, 9.17) is 29.4 Å². The van der Waals surface area contributed by atoms with E-state index >= 15 is 0 Å². The minimum atomic E-state index is -0.764. The number of nitriles is 1. The Morgan fingerprint density at radius 1 is 1.09 bits per heavy atom. The molecule has 1 aromatic heterocycles. The highest BCUT2D eigenvalue weighted by Gasteiger charge is 2.35. The van der Waals surface area contributed by atoms with Gasteiger partial charge in [-0.3, -0.25) is 9.69 Å². The minimum Gasteiger partial charge on any atom is -0.493 e. The largest absolute Gasteiger partial charge is 0.493 e. The quantitative estimate of drug-likeness (QED) is 0.629. The zero-order valence-electron chi connectivity index (χ0n) is 20.4. The first-order chi connectivity index (χ1) is 16.9. The second-order valence-corrected chi connectivity index (χ2v) is 8.36. The molecule has 3 heterocycles. The van der Waals surface area contributed by atoms with Crippen molar-refractivity contribution in [3.05, 3.63) is 56.8 Å². The van der Waals surface area contributed by atoms with Crippen LogP contribution in [-0.4, -0.2) is 63.6 Å². The van der Waals surface area contributed by atoms with Gasteiger partial charge in [0.05, 0.1) is 46.0 Å². The molecule has 1 aromatic carbocycles. The number of ether oxygens (including phenoxy) is 5. The van der Waals surface area contributed by atoms with Gasteiger partial charge in [-0.25, -0.2) is 0 Å². The van der Waals surface area contributed by atoms with E-state index in [9.17, 15) is 10.1 Å². The van der Waals surface area contributed by atoms with E-state index in [1.807, 2.05) is 6.92 Å². The fraction of sp³-hybridized carbons (Fsp3) is 0.440. The molecule has 2 aliphatic heterocycles. The molecule has 186 valence electrons. The number of hydrogen-bond acceptors (Lipinski definition) is 9. The first kappa shape index (κ1) is 24.4. The molecular formula is C25H30N4O6. The maximum absolute atomic E-state index is 13.9. The Balaban J connectivity index is 1.85. The Morgan fingerprint density at radius 2 is 1.74 bits per heavy atom. The van der Waals surface area contributed by atoms with Crippen molar-refractivity contribution in [1.29, 1.82) is 5.26 Å². The summed E-state index contributed by atoms with van der Waals surface area (Å²) in [5.74, 6) is 0.763. The number of aryl methyl sites for hydroxylation is 1. The first-order valence-electron chi connectivity index (χ1n) is 11.3. The molecule has 2 aromatic rings. The minimum absolute atomic E-state index is 0.0383. The third kappa shape index (κ3) is 4.52. The number of pyridine rings is 1. The molecule has 10 nitrogen and oxygen atoms in total. The van der Waals surface area contributed by atoms with Crippen LogP contribution in [0.2, 0.25) is 0 Å². The van der Waals surface area contributed by atoms with Gasteiger partial charge in [0, 0.05) is 37.9 Å². The van der Waals surface area contributed by atoms with Gasteiger partial charge in [0.2, 0.25) is 11.6 Å². The van der Waals surface area contributed by atoms with Gasteiger partial charge in [0.15, 0.2) is 11.5 Å². The monoisotopic (exact) mass is 482 g/mol. The van der Waals surface area contributed by atoms with Crippen LogP contribution in [0.4, 0.5) is 0 Å². The number of nitrogens with zero attached hydrogens (tertiary/aromatic N) is 3. The predicted octanol–water partition coefficient (Wildman–Crippen LogP) is 1.73. The molecule has 0 spiro atoms. The van der Waals surface area contributed by atoms with Crippen molar-refractivity contribution in [1.82, 2.24) is 9.47 Å². The van der Waals surface area contributed by atoms with Crippen molar-refractivity contribution < 1.29 is 23.7 Å². The Kier molecular flexibility index (Phi) is 7.19. The molecule has 0 saturated carbocycles. The number of rotatable bonds is 7. The fourth-order valence-corrected chi connectivity index (χ4v) is 4.63. The number of benzene rings is 1. The van der Waals surface area contributed by atoms with Crippen LogP contribution in [-0.2, 0) is 11.3 Å². The molecule has 0 bridgehead atoms. The summed E-state index contributed by atoms with van der Waals surface area (Å²) in [6.07, 6.45) is 0. The van der Waals surface area contributed by atoms with Crippen LogP contribution in [0.3, 0.4) is 0 Å². The maximum Gasteiger partial charge on any atom is 0.258 e. The van der Waals surface area contributed by atoms with Crippen molar-refractivity contribution >= 4 is 0 Å². The van der Waals surface area contributed by atoms with Crippen molar-refractivity contribution in [2.45, 2.75) is 19.4 Å². The van der Waals surface area contributed by atoms with E-state index < -0.39 is 5.92 Å². The Hall–Kier alpha value is -3.68. The zero-order chi connectivity index (χ0) is 25.1.